The van der Waals surface area contributed by atoms with Gasteiger partial charge in [-0.15, -0.1) is 0 Å². The fraction of sp³-hybridized carbons (Fsp3) is 0.769. The van der Waals surface area contributed by atoms with Gasteiger partial charge in [-0.1, -0.05) is 38.3 Å². The molecule has 0 nitrogen and oxygen atoms in total. The van der Waals surface area contributed by atoms with E-state index in [1.54, 1.807) is 6.07 Å². The Morgan fingerprint density at radius 3 is 2.15 bits per heavy atom. The maximum atomic E-state index is 13.9. The molecule has 0 heterocycles. The first kappa shape index (κ1) is 19.5. The lowest BCUT2D eigenvalue weighted by Crippen LogP contribution is -2.34. The van der Waals surface area contributed by atoms with Crippen LogP contribution in [0.5, 0.6) is 0 Å². The van der Waals surface area contributed by atoms with Gasteiger partial charge < -0.3 is 0 Å². The van der Waals surface area contributed by atoms with Gasteiger partial charge in [-0.25, -0.2) is 4.39 Å². The topological polar surface area (TPSA) is 0 Å². The molecule has 3 aliphatic carbocycles. The molecule has 0 spiro atoms. The Morgan fingerprint density at radius 1 is 0.815 bits per heavy atom. The molecule has 3 aliphatic rings. The molecule has 0 radical (unpaired) electrons. The molecule has 1 heteroatoms. The number of aryl methyl sites for hydroxylation is 1. The largest absolute Gasteiger partial charge is 0.207 e. The average molecular weight is 371 g/mol. The fourth-order valence-corrected chi connectivity index (χ4v) is 6.91. The molecule has 4 unspecified atom stereocenters. The van der Waals surface area contributed by atoms with Crippen molar-refractivity contribution in [1.82, 2.24) is 0 Å². The van der Waals surface area contributed by atoms with Crippen molar-refractivity contribution in [2.45, 2.75) is 96.8 Å². The lowest BCUT2D eigenvalue weighted by Gasteiger charge is -2.45. The molecule has 27 heavy (non-hydrogen) atoms. The predicted octanol–water partition coefficient (Wildman–Crippen LogP) is 8.04. The zero-order chi connectivity index (χ0) is 18.8. The molecule has 4 rings (SSSR count). The second-order valence-corrected chi connectivity index (χ2v) is 10.2. The van der Waals surface area contributed by atoms with Gasteiger partial charge in [-0.05, 0) is 117 Å². The number of benzene rings is 1. The summed E-state index contributed by atoms with van der Waals surface area (Å²) in [6, 6.07) is 5.94. The highest BCUT2D eigenvalue weighted by atomic mass is 19.1. The van der Waals surface area contributed by atoms with Crippen LogP contribution in [0.15, 0.2) is 18.2 Å². The fourth-order valence-electron chi connectivity index (χ4n) is 6.91. The van der Waals surface area contributed by atoms with E-state index in [9.17, 15) is 4.39 Å². The third kappa shape index (κ3) is 4.43. The van der Waals surface area contributed by atoms with Gasteiger partial charge >= 0.3 is 0 Å². The molecule has 0 bridgehead atoms. The van der Waals surface area contributed by atoms with Crippen molar-refractivity contribution in [1.29, 1.82) is 0 Å². The molecule has 0 amide bonds. The second-order valence-electron chi connectivity index (χ2n) is 10.2. The van der Waals surface area contributed by atoms with Gasteiger partial charge in [-0.3, -0.25) is 0 Å². The van der Waals surface area contributed by atoms with Crippen LogP contribution in [0.4, 0.5) is 4.39 Å². The summed E-state index contributed by atoms with van der Waals surface area (Å²) in [6.45, 7) is 4.21. The third-order valence-corrected chi connectivity index (χ3v) is 8.56. The Bertz CT molecular complexity index is 613. The average Bonchev–Trinajstić information content (AvgIpc) is 2.70. The van der Waals surface area contributed by atoms with Gasteiger partial charge in [0.05, 0.1) is 0 Å². The van der Waals surface area contributed by atoms with Gasteiger partial charge in [0.2, 0.25) is 0 Å². The van der Waals surface area contributed by atoms with Crippen LogP contribution in [-0.2, 0) is 0 Å². The number of fused-ring (bicyclic) bond motifs is 1. The van der Waals surface area contributed by atoms with Crippen LogP contribution < -0.4 is 0 Å². The molecule has 0 aliphatic heterocycles. The molecular weight excluding hydrogens is 331 g/mol. The summed E-state index contributed by atoms with van der Waals surface area (Å²) in [4.78, 5) is 0. The van der Waals surface area contributed by atoms with E-state index in [0.717, 1.165) is 35.2 Å². The van der Waals surface area contributed by atoms with Crippen molar-refractivity contribution < 1.29 is 4.39 Å². The molecule has 0 aromatic heterocycles. The van der Waals surface area contributed by atoms with Crippen molar-refractivity contribution in [2.75, 3.05) is 0 Å². The van der Waals surface area contributed by atoms with E-state index >= 15 is 0 Å². The van der Waals surface area contributed by atoms with Crippen LogP contribution in [0.25, 0.3) is 0 Å². The summed E-state index contributed by atoms with van der Waals surface area (Å²) in [5.41, 5.74) is 2.02. The quantitative estimate of drug-likeness (QED) is 0.503. The Balaban J connectivity index is 1.28. The van der Waals surface area contributed by atoms with E-state index in [1.165, 1.54) is 82.6 Å². The van der Waals surface area contributed by atoms with Crippen molar-refractivity contribution in [3.05, 3.63) is 35.1 Å². The SMILES string of the molecule is CCCC1CCC2CC(C3CCC(c4ccc(C)c(F)c4)CC3)CCC2C1. The van der Waals surface area contributed by atoms with Crippen LogP contribution >= 0.6 is 0 Å². The standard InChI is InChI=1S/C26H39F/c1-3-4-19-6-8-24-16-23(14-13-22(24)15-19)20-9-11-21(12-10-20)25-7-5-18(2)26(27)17-25/h5,7,17,19-24H,3-4,6,8-16H2,1-2H3. The van der Waals surface area contributed by atoms with Crippen LogP contribution in [0, 0.1) is 42.3 Å². The zero-order valence-corrected chi connectivity index (χ0v) is 17.6. The molecule has 3 fully saturated rings. The van der Waals surface area contributed by atoms with E-state index < -0.39 is 0 Å². The predicted molar refractivity (Wildman–Crippen MR) is 112 cm³/mol. The normalized spacial score (nSPS) is 37.0. The van der Waals surface area contributed by atoms with E-state index in [-0.39, 0.29) is 5.82 Å². The van der Waals surface area contributed by atoms with E-state index in [0.29, 0.717) is 5.92 Å². The van der Waals surface area contributed by atoms with Crippen molar-refractivity contribution in [3.63, 3.8) is 0 Å². The van der Waals surface area contributed by atoms with Gasteiger partial charge in [-0.2, -0.15) is 0 Å². The summed E-state index contributed by atoms with van der Waals surface area (Å²) in [5.74, 6) is 5.65. The number of rotatable bonds is 4. The van der Waals surface area contributed by atoms with Crippen molar-refractivity contribution in [3.8, 4) is 0 Å². The molecule has 0 N–H and O–H groups in total. The lowest BCUT2D eigenvalue weighted by atomic mass is 9.60. The molecule has 150 valence electrons. The monoisotopic (exact) mass is 370 g/mol. The molecule has 1 aromatic carbocycles. The first-order valence-corrected chi connectivity index (χ1v) is 11.9. The van der Waals surface area contributed by atoms with Gasteiger partial charge in [0.15, 0.2) is 0 Å². The summed E-state index contributed by atoms with van der Waals surface area (Å²) in [7, 11) is 0. The van der Waals surface area contributed by atoms with Crippen molar-refractivity contribution in [2.24, 2.45) is 29.6 Å². The van der Waals surface area contributed by atoms with E-state index in [2.05, 4.69) is 13.0 Å². The Morgan fingerprint density at radius 2 is 1.44 bits per heavy atom. The van der Waals surface area contributed by atoms with Crippen LogP contribution in [0.3, 0.4) is 0 Å². The third-order valence-electron chi connectivity index (χ3n) is 8.56. The maximum Gasteiger partial charge on any atom is 0.126 e. The van der Waals surface area contributed by atoms with E-state index in [1.807, 2.05) is 13.0 Å². The first-order chi connectivity index (χ1) is 13.1. The number of halogens is 1. The highest BCUT2D eigenvalue weighted by molar-refractivity contribution is 5.26. The Hall–Kier alpha value is -0.850. The van der Waals surface area contributed by atoms with Gasteiger partial charge in [0.1, 0.15) is 5.82 Å². The molecule has 3 saturated carbocycles. The second kappa shape index (κ2) is 8.66. The number of hydrogen-bond acceptors (Lipinski definition) is 0. The minimum Gasteiger partial charge on any atom is -0.207 e. The molecule has 1 aromatic rings. The van der Waals surface area contributed by atoms with E-state index in [4.69, 9.17) is 0 Å². The minimum atomic E-state index is -0.0216. The summed E-state index contributed by atoms with van der Waals surface area (Å²) < 4.78 is 13.9. The zero-order valence-electron chi connectivity index (χ0n) is 17.6. The first-order valence-electron chi connectivity index (χ1n) is 11.9. The van der Waals surface area contributed by atoms with Crippen LogP contribution in [0.1, 0.15) is 101 Å². The van der Waals surface area contributed by atoms with Crippen molar-refractivity contribution >= 4 is 0 Å². The molecule has 4 atom stereocenters. The highest BCUT2D eigenvalue weighted by Crippen LogP contribution is 2.50. The number of hydrogen-bond donors (Lipinski definition) is 0. The molecule has 0 saturated heterocycles. The summed E-state index contributed by atoms with van der Waals surface area (Å²) in [6.07, 6.45) is 17.2. The molecular formula is C26H39F. The Kier molecular flexibility index (Phi) is 6.25. The van der Waals surface area contributed by atoms with Crippen LogP contribution in [0.2, 0.25) is 0 Å². The smallest absolute Gasteiger partial charge is 0.126 e. The summed E-state index contributed by atoms with van der Waals surface area (Å²) >= 11 is 0. The van der Waals surface area contributed by atoms with Gasteiger partial charge in [0.25, 0.3) is 0 Å². The van der Waals surface area contributed by atoms with Gasteiger partial charge in [0, 0.05) is 0 Å². The maximum absolute atomic E-state index is 13.9. The Labute approximate surface area is 166 Å². The highest BCUT2D eigenvalue weighted by Gasteiger charge is 2.38. The van der Waals surface area contributed by atoms with Crippen LogP contribution in [-0.4, -0.2) is 0 Å². The lowest BCUT2D eigenvalue weighted by molar-refractivity contribution is 0.0618. The minimum absolute atomic E-state index is 0.0216. The summed E-state index contributed by atoms with van der Waals surface area (Å²) in [5, 5.41) is 0.